The molecule has 23 heavy (non-hydrogen) atoms. The molecule has 0 fully saturated rings. The molecule has 116 valence electrons. The molecule has 0 radical (unpaired) electrons. The minimum absolute atomic E-state index is 0.0761. The molecular weight excluding hydrogens is 310 g/mol. The van der Waals surface area contributed by atoms with Crippen LogP contribution in [-0.4, -0.2) is 37.8 Å². The Morgan fingerprint density at radius 1 is 1.13 bits per heavy atom. The summed E-state index contributed by atoms with van der Waals surface area (Å²) < 4.78 is 0. The van der Waals surface area contributed by atoms with Crippen molar-refractivity contribution >= 4 is 17.2 Å². The summed E-state index contributed by atoms with van der Waals surface area (Å²) in [5, 5.41) is 0.651. The molecule has 3 aromatic heterocycles. The highest BCUT2D eigenvalue weighted by atomic mass is 32.1. The van der Waals surface area contributed by atoms with Gasteiger partial charge in [0.25, 0.3) is 5.91 Å². The zero-order valence-corrected chi connectivity index (χ0v) is 13.6. The van der Waals surface area contributed by atoms with E-state index < -0.39 is 0 Å². The summed E-state index contributed by atoms with van der Waals surface area (Å²) in [7, 11) is 1.76. The molecule has 0 aliphatic carbocycles. The number of rotatable bonds is 4. The highest BCUT2D eigenvalue weighted by molar-refractivity contribution is 7.17. The van der Waals surface area contributed by atoms with Crippen LogP contribution in [0.5, 0.6) is 0 Å². The fourth-order valence-corrected chi connectivity index (χ4v) is 3.09. The Hall–Kier alpha value is -2.67. The van der Waals surface area contributed by atoms with Crippen molar-refractivity contribution < 1.29 is 4.79 Å². The Morgan fingerprint density at radius 2 is 1.87 bits per heavy atom. The van der Waals surface area contributed by atoms with Crippen molar-refractivity contribution in [1.82, 2.24) is 24.8 Å². The van der Waals surface area contributed by atoms with Gasteiger partial charge in [-0.15, -0.1) is 11.3 Å². The van der Waals surface area contributed by atoms with Crippen LogP contribution in [0.4, 0.5) is 0 Å². The summed E-state index contributed by atoms with van der Waals surface area (Å²) in [6.07, 6.45) is 5.04. The zero-order valence-electron chi connectivity index (χ0n) is 12.8. The highest BCUT2D eigenvalue weighted by Gasteiger charge is 2.20. The predicted molar refractivity (Wildman–Crippen MR) is 87.9 cm³/mol. The van der Waals surface area contributed by atoms with Gasteiger partial charge in [-0.25, -0.2) is 15.0 Å². The Bertz CT molecular complexity index is 804. The Kier molecular flexibility index (Phi) is 4.38. The summed E-state index contributed by atoms with van der Waals surface area (Å²) in [4.78, 5) is 31.9. The van der Waals surface area contributed by atoms with Crippen molar-refractivity contribution in [3.05, 3.63) is 59.1 Å². The molecule has 1 amide bonds. The first-order chi connectivity index (χ1) is 11.1. The van der Waals surface area contributed by atoms with Gasteiger partial charge in [-0.05, 0) is 25.1 Å². The van der Waals surface area contributed by atoms with E-state index in [4.69, 9.17) is 0 Å². The quantitative estimate of drug-likeness (QED) is 0.737. The van der Waals surface area contributed by atoms with E-state index >= 15 is 0 Å². The fraction of sp³-hybridized carbons (Fsp3) is 0.188. The monoisotopic (exact) mass is 325 g/mol. The van der Waals surface area contributed by atoms with E-state index in [1.165, 1.54) is 11.3 Å². The van der Waals surface area contributed by atoms with Crippen molar-refractivity contribution in [3.63, 3.8) is 0 Å². The van der Waals surface area contributed by atoms with Gasteiger partial charge >= 0.3 is 0 Å². The second-order valence-electron chi connectivity index (χ2n) is 4.99. The van der Waals surface area contributed by atoms with Gasteiger partial charge in [0.05, 0.1) is 17.9 Å². The SMILES string of the molecule is Cc1nc(-c2ncccn2)sc1C(=O)N(C)Cc1ccccn1. The van der Waals surface area contributed by atoms with Crippen molar-refractivity contribution in [2.75, 3.05) is 7.05 Å². The van der Waals surface area contributed by atoms with Crippen LogP contribution >= 0.6 is 11.3 Å². The number of aromatic nitrogens is 4. The lowest BCUT2D eigenvalue weighted by Crippen LogP contribution is -2.26. The number of hydrogen-bond donors (Lipinski definition) is 0. The molecule has 0 bridgehead atoms. The molecule has 0 N–H and O–H groups in total. The third kappa shape index (κ3) is 3.40. The van der Waals surface area contributed by atoms with Crippen LogP contribution in [0.25, 0.3) is 10.8 Å². The van der Waals surface area contributed by atoms with Gasteiger partial charge in [-0.1, -0.05) is 6.07 Å². The maximum atomic E-state index is 12.6. The first kappa shape index (κ1) is 15.2. The molecule has 3 rings (SSSR count). The Labute approximate surface area is 137 Å². The molecule has 0 saturated heterocycles. The van der Waals surface area contributed by atoms with Crippen molar-refractivity contribution in [2.24, 2.45) is 0 Å². The summed E-state index contributed by atoms with van der Waals surface area (Å²) in [6, 6.07) is 7.40. The van der Waals surface area contributed by atoms with Gasteiger partial charge in [0.15, 0.2) is 10.8 Å². The van der Waals surface area contributed by atoms with E-state index in [-0.39, 0.29) is 5.91 Å². The molecule has 3 aromatic rings. The second kappa shape index (κ2) is 6.62. The average molecular weight is 325 g/mol. The standard InChI is InChI=1S/C16H15N5OS/c1-11-13(23-15(20-11)14-18-8-5-9-19-14)16(22)21(2)10-12-6-3-4-7-17-12/h3-9H,10H2,1-2H3. The van der Waals surface area contributed by atoms with Gasteiger partial charge in [-0.3, -0.25) is 9.78 Å². The van der Waals surface area contributed by atoms with Crippen molar-refractivity contribution in [2.45, 2.75) is 13.5 Å². The van der Waals surface area contributed by atoms with Gasteiger partial charge in [0.2, 0.25) is 0 Å². The molecule has 0 aromatic carbocycles. The average Bonchev–Trinajstić information content (AvgIpc) is 2.97. The predicted octanol–water partition coefficient (Wildman–Crippen LogP) is 2.58. The lowest BCUT2D eigenvalue weighted by molar-refractivity contribution is 0.0787. The number of carbonyl (C=O) groups excluding carboxylic acids is 1. The van der Waals surface area contributed by atoms with Crippen LogP contribution in [0.15, 0.2) is 42.9 Å². The number of thiazole rings is 1. The maximum absolute atomic E-state index is 12.6. The summed E-state index contributed by atoms with van der Waals surface area (Å²) in [5.41, 5.74) is 1.53. The third-order valence-electron chi connectivity index (χ3n) is 3.22. The normalized spacial score (nSPS) is 10.5. The zero-order chi connectivity index (χ0) is 16.2. The van der Waals surface area contributed by atoms with Crippen LogP contribution < -0.4 is 0 Å². The number of amides is 1. The van der Waals surface area contributed by atoms with E-state index in [1.807, 2.05) is 25.1 Å². The Morgan fingerprint density at radius 3 is 2.57 bits per heavy atom. The second-order valence-corrected chi connectivity index (χ2v) is 5.99. The van der Waals surface area contributed by atoms with Crippen LogP contribution in [0.3, 0.4) is 0 Å². The van der Waals surface area contributed by atoms with E-state index in [0.717, 1.165) is 5.69 Å². The Balaban J connectivity index is 1.81. The minimum atomic E-state index is -0.0761. The van der Waals surface area contributed by atoms with Gasteiger partial charge < -0.3 is 4.90 Å². The van der Waals surface area contributed by atoms with E-state index in [0.29, 0.717) is 27.9 Å². The van der Waals surface area contributed by atoms with Gasteiger partial charge in [-0.2, -0.15) is 0 Å². The molecule has 0 aliphatic rings. The lowest BCUT2D eigenvalue weighted by Gasteiger charge is -2.15. The first-order valence-electron chi connectivity index (χ1n) is 7.05. The molecule has 0 saturated carbocycles. The van der Waals surface area contributed by atoms with Gasteiger partial charge in [0.1, 0.15) is 4.88 Å². The molecule has 3 heterocycles. The minimum Gasteiger partial charge on any atom is -0.335 e. The molecule has 0 atom stereocenters. The van der Waals surface area contributed by atoms with Crippen molar-refractivity contribution in [3.8, 4) is 10.8 Å². The molecule has 0 spiro atoms. The largest absolute Gasteiger partial charge is 0.335 e. The number of hydrogen-bond acceptors (Lipinski definition) is 6. The maximum Gasteiger partial charge on any atom is 0.265 e. The number of carbonyl (C=O) groups is 1. The van der Waals surface area contributed by atoms with Crippen LogP contribution in [0, 0.1) is 6.92 Å². The topological polar surface area (TPSA) is 71.9 Å². The third-order valence-corrected chi connectivity index (χ3v) is 4.36. The van der Waals surface area contributed by atoms with Crippen LogP contribution in [0.1, 0.15) is 21.1 Å². The van der Waals surface area contributed by atoms with E-state index in [1.54, 1.807) is 36.6 Å². The fourth-order valence-electron chi connectivity index (χ4n) is 2.08. The molecular formula is C16H15N5OS. The number of nitrogens with zero attached hydrogens (tertiary/aromatic N) is 5. The molecule has 0 aliphatic heterocycles. The first-order valence-corrected chi connectivity index (χ1v) is 7.87. The van der Waals surface area contributed by atoms with Gasteiger partial charge in [0, 0.05) is 25.6 Å². The summed E-state index contributed by atoms with van der Waals surface area (Å²) in [5.74, 6) is 0.458. The molecule has 6 nitrogen and oxygen atoms in total. The van der Waals surface area contributed by atoms with Crippen molar-refractivity contribution in [1.29, 1.82) is 0 Å². The molecule has 0 unspecified atom stereocenters. The summed E-state index contributed by atoms with van der Waals surface area (Å²) >= 11 is 1.31. The smallest absolute Gasteiger partial charge is 0.265 e. The highest BCUT2D eigenvalue weighted by Crippen LogP contribution is 2.26. The number of aryl methyl sites for hydroxylation is 1. The number of pyridine rings is 1. The van der Waals surface area contributed by atoms with Crippen LogP contribution in [0.2, 0.25) is 0 Å². The lowest BCUT2D eigenvalue weighted by atomic mass is 10.3. The van der Waals surface area contributed by atoms with E-state index in [2.05, 4.69) is 19.9 Å². The summed E-state index contributed by atoms with van der Waals surface area (Å²) in [6.45, 7) is 2.28. The molecule has 7 heteroatoms. The van der Waals surface area contributed by atoms with Crippen LogP contribution in [-0.2, 0) is 6.54 Å². The van der Waals surface area contributed by atoms with E-state index in [9.17, 15) is 4.79 Å².